The van der Waals surface area contributed by atoms with E-state index in [-0.39, 0.29) is 15.8 Å². The van der Waals surface area contributed by atoms with E-state index in [1.165, 1.54) is 18.2 Å². The second-order valence-electron chi connectivity index (χ2n) is 9.96. The molecule has 0 aliphatic heterocycles. The number of fused-ring (bicyclic) bond motifs is 1. The fraction of sp³-hybridized carbons (Fsp3) is 0.565. The Balaban J connectivity index is 2.55. The molecule has 172 valence electrons. The van der Waals surface area contributed by atoms with Crippen LogP contribution < -0.4 is 5.32 Å². The zero-order chi connectivity index (χ0) is 23.6. The molecule has 0 radical (unpaired) electrons. The van der Waals surface area contributed by atoms with Crippen molar-refractivity contribution < 1.29 is 18.7 Å². The predicted octanol–water partition coefficient (Wildman–Crippen LogP) is 7.11. The number of hydrogen-bond acceptors (Lipinski definition) is 4. The summed E-state index contributed by atoms with van der Waals surface area (Å²) >= 11 is 6.22. The van der Waals surface area contributed by atoms with Crippen molar-refractivity contribution in [3.8, 4) is 0 Å². The maximum atomic E-state index is 13.8. The van der Waals surface area contributed by atoms with Crippen molar-refractivity contribution >= 4 is 42.5 Å². The Labute approximate surface area is 190 Å². The number of nitrogens with zero attached hydrogens (tertiary/aromatic N) is 1. The molecule has 0 saturated carbocycles. The molecule has 2 aromatic rings. The average molecular weight is 469 g/mol. The minimum Gasteiger partial charge on any atom is -0.478 e. The first-order valence-corrected chi connectivity index (χ1v) is 13.9. The average Bonchev–Trinajstić information content (AvgIpc) is 2.63. The number of unbranched alkanes of at least 4 members (excludes halogenated alkanes) is 1. The van der Waals surface area contributed by atoms with Crippen LogP contribution in [0.2, 0.25) is 23.3 Å². The molecule has 1 heterocycles. The lowest BCUT2D eigenvalue weighted by Gasteiger charge is -2.41. The number of hydrogen-bond donors (Lipinski definition) is 2. The summed E-state index contributed by atoms with van der Waals surface area (Å²) < 4.78 is 20.3. The van der Waals surface area contributed by atoms with Gasteiger partial charge in [0.25, 0.3) is 0 Å². The first-order valence-electron chi connectivity index (χ1n) is 10.6. The maximum absolute atomic E-state index is 13.8. The van der Waals surface area contributed by atoms with Gasteiger partial charge in [-0.05, 0) is 43.6 Å². The molecular weight excluding hydrogens is 435 g/mol. The highest BCUT2D eigenvalue weighted by atomic mass is 35.5. The van der Waals surface area contributed by atoms with E-state index in [0.29, 0.717) is 23.2 Å². The zero-order valence-corrected chi connectivity index (χ0v) is 21.3. The van der Waals surface area contributed by atoms with E-state index < -0.39 is 25.6 Å². The van der Waals surface area contributed by atoms with Gasteiger partial charge in [0.1, 0.15) is 16.5 Å². The van der Waals surface area contributed by atoms with Crippen LogP contribution in [-0.2, 0) is 4.43 Å². The first kappa shape index (κ1) is 25.6. The van der Waals surface area contributed by atoms with Gasteiger partial charge in [-0.1, -0.05) is 52.1 Å². The van der Waals surface area contributed by atoms with Crippen molar-refractivity contribution in [1.82, 2.24) is 4.98 Å². The van der Waals surface area contributed by atoms with Crippen LogP contribution >= 0.6 is 11.6 Å². The fourth-order valence-electron chi connectivity index (χ4n) is 3.13. The van der Waals surface area contributed by atoms with Gasteiger partial charge >= 0.3 is 5.97 Å². The van der Waals surface area contributed by atoms with Gasteiger partial charge in [-0.25, -0.2) is 14.2 Å². The second kappa shape index (κ2) is 9.43. The summed E-state index contributed by atoms with van der Waals surface area (Å²) in [5.74, 6) is -1.64. The molecule has 0 bridgehead atoms. The van der Waals surface area contributed by atoms with Crippen LogP contribution in [0.5, 0.6) is 0 Å². The first-order chi connectivity index (χ1) is 14.2. The van der Waals surface area contributed by atoms with Gasteiger partial charge in [0.05, 0.1) is 23.3 Å². The summed E-state index contributed by atoms with van der Waals surface area (Å²) in [6.07, 6.45) is 2.71. The molecule has 2 rings (SSSR count). The maximum Gasteiger partial charge on any atom is 0.340 e. The molecular formula is C23H34ClFN2O3Si. The van der Waals surface area contributed by atoms with E-state index in [9.17, 15) is 14.3 Å². The van der Waals surface area contributed by atoms with Crippen LogP contribution in [0.1, 0.15) is 64.2 Å². The summed E-state index contributed by atoms with van der Waals surface area (Å²) in [5.41, 5.74) is -0.00160. The molecule has 0 aliphatic carbocycles. The number of aromatic nitrogens is 1. The van der Waals surface area contributed by atoms with Crippen LogP contribution in [0.25, 0.3) is 10.9 Å². The lowest BCUT2D eigenvalue weighted by Crippen LogP contribution is -2.48. The lowest BCUT2D eigenvalue weighted by atomic mass is 9.94. The zero-order valence-electron chi connectivity index (χ0n) is 19.5. The van der Waals surface area contributed by atoms with Gasteiger partial charge in [-0.3, -0.25) is 0 Å². The number of carboxylic acid groups (broad SMARTS) is 1. The van der Waals surface area contributed by atoms with E-state index in [1.54, 1.807) is 0 Å². The Bertz CT molecular complexity index is 962. The number of carboxylic acids is 1. The molecule has 1 aromatic heterocycles. The molecule has 2 N–H and O–H groups in total. The summed E-state index contributed by atoms with van der Waals surface area (Å²) in [6.45, 7) is 15.5. The van der Waals surface area contributed by atoms with Crippen LogP contribution in [-0.4, -0.2) is 36.5 Å². The summed E-state index contributed by atoms with van der Waals surface area (Å²) in [4.78, 5) is 16.1. The third-order valence-corrected chi connectivity index (χ3v) is 10.9. The van der Waals surface area contributed by atoms with Crippen molar-refractivity contribution in [2.45, 2.75) is 77.6 Å². The smallest absolute Gasteiger partial charge is 0.340 e. The molecule has 0 aliphatic rings. The van der Waals surface area contributed by atoms with Gasteiger partial charge < -0.3 is 14.8 Å². The summed E-state index contributed by atoms with van der Waals surface area (Å²) in [6, 6.07) is 4.09. The summed E-state index contributed by atoms with van der Waals surface area (Å²) in [5, 5.41) is 13.7. The molecule has 0 saturated heterocycles. The number of pyridine rings is 1. The van der Waals surface area contributed by atoms with E-state index in [0.717, 1.165) is 19.3 Å². The van der Waals surface area contributed by atoms with Crippen LogP contribution in [0, 0.1) is 5.82 Å². The minimum absolute atomic E-state index is 0.0507. The third kappa shape index (κ3) is 5.96. The molecule has 1 atom stereocenters. The largest absolute Gasteiger partial charge is 0.478 e. The van der Waals surface area contributed by atoms with Crippen molar-refractivity contribution in [2.24, 2.45) is 0 Å². The molecule has 0 unspecified atom stereocenters. The monoisotopic (exact) mass is 468 g/mol. The second-order valence-corrected chi connectivity index (χ2v) is 15.1. The van der Waals surface area contributed by atoms with Crippen LogP contribution in [0.4, 0.5) is 10.1 Å². The molecule has 31 heavy (non-hydrogen) atoms. The number of rotatable bonds is 9. The highest BCUT2D eigenvalue weighted by Crippen LogP contribution is 2.39. The fourth-order valence-corrected chi connectivity index (χ4v) is 4.51. The van der Waals surface area contributed by atoms with Crippen molar-refractivity contribution in [2.75, 3.05) is 11.9 Å². The van der Waals surface area contributed by atoms with E-state index >= 15 is 0 Å². The molecule has 5 nitrogen and oxygen atoms in total. The predicted molar refractivity (Wildman–Crippen MR) is 128 cm³/mol. The number of carbonyl (C=O) groups is 1. The Morgan fingerprint density at radius 2 is 1.94 bits per heavy atom. The molecule has 0 spiro atoms. The van der Waals surface area contributed by atoms with Crippen LogP contribution in [0.15, 0.2) is 18.2 Å². The Morgan fingerprint density at radius 1 is 1.29 bits per heavy atom. The van der Waals surface area contributed by atoms with Gasteiger partial charge in [0.15, 0.2) is 8.32 Å². The Kier molecular flexibility index (Phi) is 7.77. The third-order valence-electron chi connectivity index (χ3n) is 6.18. The van der Waals surface area contributed by atoms with Gasteiger partial charge in [-0.2, -0.15) is 0 Å². The van der Waals surface area contributed by atoms with E-state index in [2.05, 4.69) is 51.1 Å². The van der Waals surface area contributed by atoms with Crippen LogP contribution in [0.3, 0.4) is 0 Å². The van der Waals surface area contributed by atoms with Crippen molar-refractivity contribution in [1.29, 1.82) is 0 Å². The van der Waals surface area contributed by atoms with E-state index in [4.69, 9.17) is 16.0 Å². The summed E-state index contributed by atoms with van der Waals surface area (Å²) in [7, 11) is -2.02. The topological polar surface area (TPSA) is 71.5 Å². The lowest BCUT2D eigenvalue weighted by molar-refractivity contribution is 0.0697. The SMILES string of the molecule is CCCC[C@](C)(CO[Si](C)(C)C(C)(C)C)Nc1c(C(=O)O)c(Cl)nc2cc(F)ccc12. The van der Waals surface area contributed by atoms with Gasteiger partial charge in [0.2, 0.25) is 0 Å². The standard InChI is InChI=1S/C23H34ClFN2O3Si/c1-8-9-12-23(5,14-30-31(6,7)22(2,3)4)27-19-16-11-10-15(25)13-17(16)26-20(24)18(19)21(28)29/h10-11,13H,8-9,12,14H2,1-7H3,(H,26,27)(H,28,29)/t23-/m1/s1. The van der Waals surface area contributed by atoms with Crippen molar-refractivity contribution in [3.63, 3.8) is 0 Å². The Hall–Kier alpha value is -1.70. The molecule has 0 amide bonds. The number of anilines is 1. The van der Waals surface area contributed by atoms with Gasteiger partial charge in [0, 0.05) is 11.5 Å². The number of aromatic carboxylic acids is 1. The molecule has 1 aromatic carbocycles. The minimum atomic E-state index is -2.02. The number of nitrogens with one attached hydrogen (secondary N) is 1. The highest BCUT2D eigenvalue weighted by molar-refractivity contribution is 6.74. The number of benzene rings is 1. The molecule has 0 fully saturated rings. The van der Waals surface area contributed by atoms with E-state index in [1.807, 2.05) is 6.92 Å². The quantitative estimate of drug-likeness (QED) is 0.303. The van der Waals surface area contributed by atoms with Crippen molar-refractivity contribution in [3.05, 3.63) is 34.7 Å². The molecule has 8 heteroatoms. The Morgan fingerprint density at radius 3 is 2.48 bits per heavy atom. The normalized spacial score (nSPS) is 14.5. The highest BCUT2D eigenvalue weighted by Gasteiger charge is 2.39. The van der Waals surface area contributed by atoms with Gasteiger partial charge in [-0.15, -0.1) is 0 Å². The number of halogens is 2.